The van der Waals surface area contributed by atoms with Gasteiger partial charge in [0.25, 0.3) is 10.0 Å². The van der Waals surface area contributed by atoms with E-state index in [1.165, 1.54) is 25.1 Å². The van der Waals surface area contributed by atoms with Crippen molar-refractivity contribution in [3.63, 3.8) is 0 Å². The maximum atomic E-state index is 12.8. The molecule has 0 amide bonds. The van der Waals surface area contributed by atoms with Crippen molar-refractivity contribution < 1.29 is 18.3 Å². The van der Waals surface area contributed by atoms with Crippen LogP contribution in [0, 0.1) is 5.92 Å². The average molecular weight is 473 g/mol. The number of piperidine rings is 1. The Balaban J connectivity index is 1.51. The first-order valence-corrected chi connectivity index (χ1v) is 13.2. The lowest BCUT2D eigenvalue weighted by Gasteiger charge is -2.36. The van der Waals surface area contributed by atoms with Crippen LogP contribution in [0.4, 0.5) is 11.5 Å². The van der Waals surface area contributed by atoms with E-state index in [1.807, 2.05) is 11.8 Å². The van der Waals surface area contributed by atoms with Crippen LogP contribution in [-0.2, 0) is 16.4 Å². The number of hydrogen-bond acceptors (Lipinski definition) is 6. The van der Waals surface area contributed by atoms with Crippen molar-refractivity contribution in [1.29, 1.82) is 0 Å². The van der Waals surface area contributed by atoms with Crippen molar-refractivity contribution >= 4 is 27.5 Å². The maximum Gasteiger partial charge on any atom is 0.339 e. The van der Waals surface area contributed by atoms with Crippen LogP contribution in [0.25, 0.3) is 0 Å². The van der Waals surface area contributed by atoms with Gasteiger partial charge in [0.1, 0.15) is 11.4 Å². The number of hydrogen-bond donors (Lipinski definition) is 2. The molecule has 1 aromatic heterocycles. The Morgan fingerprint density at radius 2 is 1.88 bits per heavy atom. The number of pyridine rings is 1. The highest BCUT2D eigenvalue weighted by Gasteiger charge is 2.27. The monoisotopic (exact) mass is 472 g/mol. The van der Waals surface area contributed by atoms with Crippen LogP contribution < -0.4 is 9.62 Å². The van der Waals surface area contributed by atoms with Crippen LogP contribution in [0.2, 0.25) is 0 Å². The van der Waals surface area contributed by atoms with Crippen LogP contribution >= 0.6 is 0 Å². The Morgan fingerprint density at radius 1 is 1.15 bits per heavy atom. The second kappa shape index (κ2) is 10.1. The van der Waals surface area contributed by atoms with E-state index in [9.17, 15) is 18.3 Å². The lowest BCUT2D eigenvalue weighted by molar-refractivity contribution is 0.0697. The number of carboxylic acid groups (broad SMARTS) is 1. The van der Waals surface area contributed by atoms with Crippen molar-refractivity contribution in [3.05, 3.63) is 47.7 Å². The summed E-state index contributed by atoms with van der Waals surface area (Å²) in [4.78, 5) is 21.1. The average Bonchev–Trinajstić information content (AvgIpc) is 3.32. The molecule has 2 aliphatic rings. The minimum absolute atomic E-state index is 0.0124. The van der Waals surface area contributed by atoms with E-state index in [0.717, 1.165) is 57.5 Å². The second-order valence-electron chi connectivity index (χ2n) is 8.97. The van der Waals surface area contributed by atoms with Crippen molar-refractivity contribution in [2.24, 2.45) is 5.92 Å². The van der Waals surface area contributed by atoms with Crippen molar-refractivity contribution in [3.8, 4) is 0 Å². The van der Waals surface area contributed by atoms with Crippen LogP contribution in [0.5, 0.6) is 0 Å². The first-order valence-electron chi connectivity index (χ1n) is 11.7. The molecular weight excluding hydrogens is 440 g/mol. The summed E-state index contributed by atoms with van der Waals surface area (Å²) in [7, 11) is -3.84. The number of benzene rings is 1. The third-order valence-electron chi connectivity index (χ3n) is 6.52. The van der Waals surface area contributed by atoms with Gasteiger partial charge < -0.3 is 14.9 Å². The molecule has 0 bridgehead atoms. The van der Waals surface area contributed by atoms with E-state index >= 15 is 0 Å². The topological polar surface area (TPSA) is 103 Å². The number of anilines is 2. The molecule has 2 N–H and O–H groups in total. The Kier molecular flexibility index (Phi) is 7.19. The fraction of sp³-hybridized carbons (Fsp3) is 0.500. The van der Waals surface area contributed by atoms with Gasteiger partial charge in [0.2, 0.25) is 0 Å². The van der Waals surface area contributed by atoms with Gasteiger partial charge in [-0.15, -0.1) is 0 Å². The summed E-state index contributed by atoms with van der Waals surface area (Å²) in [6.45, 7) is 6.83. The lowest BCUT2D eigenvalue weighted by Crippen LogP contribution is -2.41. The number of aryl methyl sites for hydroxylation is 1. The summed E-state index contributed by atoms with van der Waals surface area (Å²) in [5.41, 5.74) is 1.19. The number of aromatic nitrogens is 1. The molecule has 1 aromatic carbocycles. The summed E-state index contributed by atoms with van der Waals surface area (Å²) in [5, 5.41) is 9.84. The zero-order valence-corrected chi connectivity index (χ0v) is 19.9. The van der Waals surface area contributed by atoms with E-state index in [0.29, 0.717) is 11.7 Å². The SMILES string of the molecule is CCc1ccc(S(=O)(=O)Nc2cnc(N3CCCC(CN4CCCC4)C3)c(C(=O)O)c2)cc1. The Labute approximate surface area is 195 Å². The van der Waals surface area contributed by atoms with Gasteiger partial charge in [-0.1, -0.05) is 19.1 Å². The minimum atomic E-state index is -3.84. The molecule has 0 saturated carbocycles. The molecule has 178 valence electrons. The molecule has 2 saturated heterocycles. The quantitative estimate of drug-likeness (QED) is 0.606. The van der Waals surface area contributed by atoms with Gasteiger partial charge in [-0.2, -0.15) is 0 Å². The zero-order valence-electron chi connectivity index (χ0n) is 19.0. The number of carboxylic acids is 1. The number of rotatable bonds is 8. The summed E-state index contributed by atoms with van der Waals surface area (Å²) in [5.74, 6) is -0.235. The number of likely N-dealkylation sites (tertiary alicyclic amines) is 1. The smallest absolute Gasteiger partial charge is 0.339 e. The van der Waals surface area contributed by atoms with Crippen LogP contribution in [0.3, 0.4) is 0 Å². The molecule has 2 aliphatic heterocycles. The molecule has 2 aromatic rings. The largest absolute Gasteiger partial charge is 0.478 e. The predicted octanol–water partition coefficient (Wildman–Crippen LogP) is 3.46. The van der Waals surface area contributed by atoms with Gasteiger partial charge in [0.05, 0.1) is 16.8 Å². The normalized spacial score (nSPS) is 19.5. The third-order valence-corrected chi connectivity index (χ3v) is 7.92. The highest BCUT2D eigenvalue weighted by atomic mass is 32.2. The van der Waals surface area contributed by atoms with Crippen molar-refractivity contribution in [2.45, 2.75) is 43.9 Å². The number of sulfonamides is 1. The number of nitrogens with zero attached hydrogens (tertiary/aromatic N) is 3. The number of nitrogens with one attached hydrogen (secondary N) is 1. The van der Waals surface area contributed by atoms with Gasteiger partial charge in [0.15, 0.2) is 0 Å². The molecule has 1 unspecified atom stereocenters. The summed E-state index contributed by atoms with van der Waals surface area (Å²) < 4.78 is 28.0. The Hall–Kier alpha value is -2.65. The van der Waals surface area contributed by atoms with E-state index in [2.05, 4.69) is 14.6 Å². The number of aromatic carboxylic acids is 1. The predicted molar refractivity (Wildman–Crippen MR) is 128 cm³/mol. The van der Waals surface area contributed by atoms with Gasteiger partial charge >= 0.3 is 5.97 Å². The van der Waals surface area contributed by atoms with Crippen LogP contribution in [-0.4, -0.2) is 62.1 Å². The van der Waals surface area contributed by atoms with Crippen molar-refractivity contribution in [2.75, 3.05) is 42.3 Å². The molecule has 3 heterocycles. The number of carbonyl (C=O) groups is 1. The molecule has 0 aliphatic carbocycles. The molecule has 8 nitrogen and oxygen atoms in total. The second-order valence-corrected chi connectivity index (χ2v) is 10.6. The molecule has 1 atom stereocenters. The molecule has 2 fully saturated rings. The Bertz CT molecular complexity index is 1080. The Morgan fingerprint density at radius 3 is 2.55 bits per heavy atom. The highest BCUT2D eigenvalue weighted by molar-refractivity contribution is 7.92. The molecular formula is C24H32N4O4S. The molecule has 9 heteroatoms. The lowest BCUT2D eigenvalue weighted by atomic mass is 9.97. The van der Waals surface area contributed by atoms with Gasteiger partial charge in [-0.05, 0) is 74.9 Å². The van der Waals surface area contributed by atoms with E-state index in [1.54, 1.807) is 24.3 Å². The molecule has 0 spiro atoms. The van der Waals surface area contributed by atoms with Gasteiger partial charge in [0, 0.05) is 19.6 Å². The summed E-state index contributed by atoms with van der Waals surface area (Å²) >= 11 is 0. The maximum absolute atomic E-state index is 12.8. The minimum Gasteiger partial charge on any atom is -0.478 e. The van der Waals surface area contributed by atoms with Crippen molar-refractivity contribution in [1.82, 2.24) is 9.88 Å². The third kappa shape index (κ3) is 5.65. The summed E-state index contributed by atoms with van der Waals surface area (Å²) in [6, 6.07) is 8.01. The van der Waals surface area contributed by atoms with Crippen LogP contribution in [0.1, 0.15) is 48.5 Å². The zero-order chi connectivity index (χ0) is 23.4. The van der Waals surface area contributed by atoms with E-state index in [4.69, 9.17) is 0 Å². The fourth-order valence-corrected chi connectivity index (χ4v) is 5.81. The van der Waals surface area contributed by atoms with Crippen LogP contribution in [0.15, 0.2) is 41.4 Å². The highest BCUT2D eigenvalue weighted by Crippen LogP contribution is 2.28. The molecule has 4 rings (SSSR count). The molecule has 0 radical (unpaired) electrons. The first kappa shape index (κ1) is 23.5. The summed E-state index contributed by atoms with van der Waals surface area (Å²) in [6.07, 6.45) is 6.84. The van der Waals surface area contributed by atoms with Gasteiger partial charge in [-0.25, -0.2) is 18.2 Å². The van der Waals surface area contributed by atoms with E-state index in [-0.39, 0.29) is 16.1 Å². The first-order chi connectivity index (χ1) is 15.9. The fourth-order valence-electron chi connectivity index (χ4n) is 4.78. The van der Waals surface area contributed by atoms with E-state index < -0.39 is 16.0 Å². The molecule has 33 heavy (non-hydrogen) atoms. The standard InChI is InChI=1S/C24H32N4O4S/c1-2-18-7-9-21(10-8-18)33(31,32)26-20-14-22(24(29)30)23(25-15-20)28-13-5-6-19(17-28)16-27-11-3-4-12-27/h7-10,14-15,19,26H,2-6,11-13,16-17H2,1H3,(H,29,30). The van der Waals surface area contributed by atoms with Gasteiger partial charge in [-0.3, -0.25) is 4.72 Å².